The van der Waals surface area contributed by atoms with Gasteiger partial charge in [0.15, 0.2) is 0 Å². The summed E-state index contributed by atoms with van der Waals surface area (Å²) in [4.78, 5) is 39.3. The number of methoxy groups -OCH3 is 1. The normalized spacial score (nSPS) is 26.1. The van der Waals surface area contributed by atoms with Crippen LogP contribution in [0.2, 0.25) is 6.32 Å². The van der Waals surface area contributed by atoms with Crippen molar-refractivity contribution in [3.8, 4) is 5.75 Å². The molecule has 4 rings (SSSR count). The molecule has 0 spiro atoms. The summed E-state index contributed by atoms with van der Waals surface area (Å²) < 4.78 is 10.8. The first-order chi connectivity index (χ1) is 17.7. The maximum atomic E-state index is 13.3. The average molecular weight is 509 g/mol. The molecule has 0 saturated carbocycles. The van der Waals surface area contributed by atoms with Crippen LogP contribution in [-0.2, 0) is 19.0 Å². The minimum atomic E-state index is -1.06. The maximum absolute atomic E-state index is 13.3. The van der Waals surface area contributed by atoms with Crippen LogP contribution in [0.4, 0.5) is 4.79 Å². The van der Waals surface area contributed by atoms with Crippen molar-refractivity contribution in [2.75, 3.05) is 7.11 Å². The zero-order valence-corrected chi connectivity index (χ0v) is 22.0. The van der Waals surface area contributed by atoms with E-state index in [1.807, 2.05) is 12.1 Å². The topological polar surface area (TPSA) is 113 Å². The number of imide groups is 3. The first kappa shape index (κ1) is 27.1. The van der Waals surface area contributed by atoms with Crippen LogP contribution in [0, 0.1) is 23.7 Å². The van der Waals surface area contributed by atoms with E-state index < -0.39 is 36.9 Å². The molecule has 37 heavy (non-hydrogen) atoms. The Morgan fingerprint density at radius 2 is 1.89 bits per heavy atom. The van der Waals surface area contributed by atoms with Gasteiger partial charge in [0.2, 0.25) is 11.8 Å². The number of hydrogen-bond acceptors (Lipinski definition) is 7. The van der Waals surface area contributed by atoms with E-state index in [2.05, 4.69) is 26.8 Å². The fraction of sp³-hybridized carbons (Fsp3) is 0.536. The lowest BCUT2D eigenvalue weighted by Gasteiger charge is -2.44. The highest BCUT2D eigenvalue weighted by atomic mass is 16.5. The summed E-state index contributed by atoms with van der Waals surface area (Å²) in [6, 6.07) is 7.07. The number of rotatable bonds is 7. The van der Waals surface area contributed by atoms with Crippen LogP contribution in [0.3, 0.4) is 0 Å². The van der Waals surface area contributed by atoms with Gasteiger partial charge in [0, 0.05) is 0 Å². The van der Waals surface area contributed by atoms with Gasteiger partial charge in [-0.1, -0.05) is 56.5 Å². The average Bonchev–Trinajstić information content (AvgIpc) is 3.12. The van der Waals surface area contributed by atoms with E-state index in [1.165, 1.54) is 5.57 Å². The van der Waals surface area contributed by atoms with Gasteiger partial charge >= 0.3 is 13.2 Å². The van der Waals surface area contributed by atoms with Gasteiger partial charge in [-0.3, -0.25) is 9.59 Å². The largest absolute Gasteiger partial charge is 0.508 e. The van der Waals surface area contributed by atoms with Crippen molar-refractivity contribution in [1.29, 1.82) is 0 Å². The number of fused-ring (bicyclic) bond motifs is 3. The molecule has 0 bridgehead atoms. The molecule has 2 heterocycles. The molecule has 0 radical (unpaired) electrons. The first-order valence-corrected chi connectivity index (χ1v) is 13.2. The Kier molecular flexibility index (Phi) is 8.24. The Morgan fingerprint density at radius 1 is 1.19 bits per heavy atom. The van der Waals surface area contributed by atoms with E-state index in [4.69, 9.17) is 9.39 Å². The van der Waals surface area contributed by atoms with Crippen LogP contribution >= 0.6 is 0 Å². The number of likely N-dealkylation sites (tertiary alicyclic amines) is 1. The third-order valence-corrected chi connectivity index (χ3v) is 7.86. The number of benzene rings is 1. The van der Waals surface area contributed by atoms with Gasteiger partial charge in [0.05, 0.1) is 25.0 Å². The highest BCUT2D eigenvalue weighted by Gasteiger charge is 2.59. The van der Waals surface area contributed by atoms with Crippen molar-refractivity contribution in [3.05, 3.63) is 46.5 Å². The van der Waals surface area contributed by atoms with Crippen molar-refractivity contribution in [1.82, 2.24) is 4.90 Å². The monoisotopic (exact) mass is 509 g/mol. The van der Waals surface area contributed by atoms with Crippen LogP contribution in [0.5, 0.6) is 5.75 Å². The number of hydrogen-bond donors (Lipinski definition) is 2. The Labute approximate surface area is 218 Å². The smallest absolute Gasteiger partial charge is 0.455 e. The second-order valence-corrected chi connectivity index (χ2v) is 10.6. The summed E-state index contributed by atoms with van der Waals surface area (Å²) in [6.45, 7) is 6.25. The Balaban J connectivity index is 1.64. The molecule has 1 aliphatic carbocycles. The molecule has 2 N–H and O–H groups in total. The van der Waals surface area contributed by atoms with Gasteiger partial charge < -0.3 is 19.5 Å². The molecule has 8 nitrogen and oxygen atoms in total. The zero-order valence-electron chi connectivity index (χ0n) is 22.0. The van der Waals surface area contributed by atoms with E-state index >= 15 is 0 Å². The van der Waals surface area contributed by atoms with Crippen LogP contribution in [0.15, 0.2) is 41.0 Å². The number of carbonyl (C=O) groups excluding carboxylic acids is 3. The lowest BCUT2D eigenvalue weighted by atomic mass is 9.57. The van der Waals surface area contributed by atoms with Gasteiger partial charge in [0.25, 0.3) is 0 Å². The first-order valence-electron chi connectivity index (χ1n) is 13.2. The molecule has 4 atom stereocenters. The molecular weight excluding hydrogens is 473 g/mol. The number of nitrogens with zero attached hydrogens (tertiary/aromatic N) is 1. The molecule has 3 aliphatic rings. The second-order valence-electron chi connectivity index (χ2n) is 10.6. The SMILES string of the molecule is CCC/C(=C\c1ccc(O)cc1)CC[C@H]1OB(O)C[C@H]2C1=C(C(C)C)C[C@H]1C(=O)N(C(=O)OC)C(=O)[C@H]12. The summed E-state index contributed by atoms with van der Waals surface area (Å²) in [5.74, 6) is -2.41. The zero-order chi connectivity index (χ0) is 26.9. The van der Waals surface area contributed by atoms with Crippen LogP contribution in [0.25, 0.3) is 6.08 Å². The molecule has 2 aliphatic heterocycles. The predicted molar refractivity (Wildman–Crippen MR) is 139 cm³/mol. The van der Waals surface area contributed by atoms with Crippen molar-refractivity contribution >= 4 is 31.1 Å². The number of aromatic hydroxyl groups is 1. The van der Waals surface area contributed by atoms with Gasteiger partial charge in [-0.05, 0) is 67.1 Å². The van der Waals surface area contributed by atoms with Crippen molar-refractivity contribution in [3.63, 3.8) is 0 Å². The molecule has 3 amide bonds. The summed E-state index contributed by atoms with van der Waals surface area (Å²) in [7, 11) is 0.0960. The summed E-state index contributed by atoms with van der Waals surface area (Å²) in [6.07, 6.45) is 4.64. The van der Waals surface area contributed by atoms with Crippen molar-refractivity contribution in [2.24, 2.45) is 23.7 Å². The molecule has 0 unspecified atom stereocenters. The van der Waals surface area contributed by atoms with Gasteiger partial charge in [-0.15, -0.1) is 0 Å². The maximum Gasteiger partial charge on any atom is 0.455 e. The third-order valence-electron chi connectivity index (χ3n) is 7.86. The van der Waals surface area contributed by atoms with Gasteiger partial charge in [0.1, 0.15) is 5.75 Å². The second kappa shape index (κ2) is 11.2. The minimum absolute atomic E-state index is 0.123. The third kappa shape index (κ3) is 5.38. The van der Waals surface area contributed by atoms with Crippen LogP contribution in [0.1, 0.15) is 58.4 Å². The number of phenolic OH excluding ortho intramolecular Hbond substituents is 1. The minimum Gasteiger partial charge on any atom is -0.508 e. The Morgan fingerprint density at radius 3 is 2.51 bits per heavy atom. The lowest BCUT2D eigenvalue weighted by molar-refractivity contribution is -0.137. The van der Waals surface area contributed by atoms with Crippen molar-refractivity contribution in [2.45, 2.75) is 65.3 Å². The Hall–Kier alpha value is -2.91. The quantitative estimate of drug-likeness (QED) is 0.314. The molecule has 1 aromatic rings. The molecule has 9 heteroatoms. The van der Waals surface area contributed by atoms with E-state index in [1.54, 1.807) is 12.1 Å². The fourth-order valence-corrected chi connectivity index (χ4v) is 6.23. The highest BCUT2D eigenvalue weighted by molar-refractivity contribution is 6.43. The van der Waals surface area contributed by atoms with Gasteiger partial charge in [-0.25, -0.2) is 4.79 Å². The lowest BCUT2D eigenvalue weighted by Crippen LogP contribution is -2.46. The Bertz CT molecular complexity index is 1110. The van der Waals surface area contributed by atoms with Crippen molar-refractivity contribution < 1.29 is 33.9 Å². The molecular formula is C28H36BNO7. The highest BCUT2D eigenvalue weighted by Crippen LogP contribution is 2.52. The standard InChI is InChI=1S/C28H36BNO7/c1-5-6-17(13-18-7-10-19(31)11-8-18)9-12-23-24-20(16(2)3)14-21-25(22(24)15-29(35)37-23)27(33)30(26(21)32)28(34)36-4/h7-8,10-11,13,16,21-23,25,31,35H,5-6,9,12,14-15H2,1-4H3/b17-13+/t21-,22+,23-,25-/m1/s1. The molecule has 198 valence electrons. The number of carbonyl (C=O) groups is 3. The van der Waals surface area contributed by atoms with E-state index in [9.17, 15) is 24.5 Å². The van der Waals surface area contributed by atoms with Crippen LogP contribution < -0.4 is 0 Å². The molecule has 0 aromatic heterocycles. The molecule has 2 saturated heterocycles. The van der Waals surface area contributed by atoms with E-state index in [-0.39, 0.29) is 30.0 Å². The predicted octanol–water partition coefficient (Wildman–Crippen LogP) is 4.58. The summed E-state index contributed by atoms with van der Waals surface area (Å²) in [5.41, 5.74) is 4.33. The molecule has 1 aromatic carbocycles. The number of allylic oxidation sites excluding steroid dienone is 2. The number of amides is 3. The fourth-order valence-electron chi connectivity index (χ4n) is 6.23. The van der Waals surface area contributed by atoms with E-state index in [0.717, 1.165) is 43.1 Å². The number of phenols is 1. The summed E-state index contributed by atoms with van der Waals surface area (Å²) in [5, 5.41) is 20.3. The van der Waals surface area contributed by atoms with Crippen LogP contribution in [-0.4, -0.2) is 53.3 Å². The number of ether oxygens (including phenoxy) is 1. The summed E-state index contributed by atoms with van der Waals surface area (Å²) >= 11 is 0. The van der Waals surface area contributed by atoms with Gasteiger partial charge in [-0.2, -0.15) is 4.90 Å². The van der Waals surface area contributed by atoms with E-state index in [0.29, 0.717) is 17.7 Å². The molecule has 2 fully saturated rings.